The van der Waals surface area contributed by atoms with Gasteiger partial charge in [-0.2, -0.15) is 0 Å². The number of carboxylic acids is 1. The maximum absolute atomic E-state index is 10.9. The molecule has 0 spiro atoms. The molecule has 0 radical (unpaired) electrons. The van der Waals surface area contributed by atoms with E-state index in [0.717, 1.165) is 0 Å². The Labute approximate surface area is 76.9 Å². The van der Waals surface area contributed by atoms with Gasteiger partial charge in [-0.25, -0.2) is 0 Å². The SMILES string of the molecule is CCOC(=O)CC(C)C(N)C(=O)O. The summed E-state index contributed by atoms with van der Waals surface area (Å²) < 4.78 is 4.66. The van der Waals surface area contributed by atoms with E-state index >= 15 is 0 Å². The van der Waals surface area contributed by atoms with Gasteiger partial charge in [-0.05, 0) is 12.8 Å². The minimum Gasteiger partial charge on any atom is -0.480 e. The number of rotatable bonds is 5. The minimum atomic E-state index is -1.10. The van der Waals surface area contributed by atoms with Gasteiger partial charge in [-0.1, -0.05) is 6.92 Å². The van der Waals surface area contributed by atoms with Gasteiger partial charge in [0.05, 0.1) is 13.0 Å². The van der Waals surface area contributed by atoms with Gasteiger partial charge in [0.1, 0.15) is 6.04 Å². The van der Waals surface area contributed by atoms with Crippen LogP contribution in [-0.2, 0) is 14.3 Å². The van der Waals surface area contributed by atoms with Crippen LogP contribution in [0.4, 0.5) is 0 Å². The Balaban J connectivity index is 3.92. The molecule has 3 N–H and O–H groups in total. The molecule has 0 amide bonds. The molecular formula is C8H15NO4. The van der Waals surface area contributed by atoms with E-state index in [-0.39, 0.29) is 6.42 Å². The summed E-state index contributed by atoms with van der Waals surface area (Å²) in [7, 11) is 0. The van der Waals surface area contributed by atoms with E-state index in [1.165, 1.54) is 0 Å². The summed E-state index contributed by atoms with van der Waals surface area (Å²) in [5, 5.41) is 8.52. The highest BCUT2D eigenvalue weighted by Crippen LogP contribution is 2.07. The zero-order valence-electron chi connectivity index (χ0n) is 7.82. The first kappa shape index (κ1) is 11.9. The summed E-state index contributed by atoms with van der Waals surface area (Å²) in [6.45, 7) is 3.60. The molecule has 2 unspecified atom stereocenters. The molecule has 0 saturated heterocycles. The van der Waals surface area contributed by atoms with Gasteiger partial charge < -0.3 is 15.6 Å². The van der Waals surface area contributed by atoms with Crippen molar-refractivity contribution in [1.82, 2.24) is 0 Å². The highest BCUT2D eigenvalue weighted by Gasteiger charge is 2.22. The second-order valence-electron chi connectivity index (χ2n) is 2.85. The molecule has 76 valence electrons. The predicted octanol–water partition coefficient (Wildman–Crippen LogP) is -0.0124. The number of hydrogen-bond acceptors (Lipinski definition) is 4. The van der Waals surface area contributed by atoms with Crippen LogP contribution in [0.25, 0.3) is 0 Å². The number of carbonyl (C=O) groups is 2. The Hall–Kier alpha value is -1.10. The van der Waals surface area contributed by atoms with Crippen LogP contribution in [0.15, 0.2) is 0 Å². The van der Waals surface area contributed by atoms with Gasteiger partial charge >= 0.3 is 11.9 Å². The average Bonchev–Trinajstić information content (AvgIpc) is 2.03. The summed E-state index contributed by atoms with van der Waals surface area (Å²) >= 11 is 0. The highest BCUT2D eigenvalue weighted by atomic mass is 16.5. The topological polar surface area (TPSA) is 89.6 Å². The van der Waals surface area contributed by atoms with Crippen molar-refractivity contribution in [3.05, 3.63) is 0 Å². The fourth-order valence-electron chi connectivity index (χ4n) is 0.853. The molecule has 5 nitrogen and oxygen atoms in total. The first-order chi connectivity index (χ1) is 5.99. The lowest BCUT2D eigenvalue weighted by atomic mass is 9.99. The third-order valence-electron chi connectivity index (χ3n) is 1.69. The Bertz CT molecular complexity index is 193. The van der Waals surface area contributed by atoms with Crippen LogP contribution in [-0.4, -0.2) is 29.7 Å². The molecule has 5 heteroatoms. The van der Waals surface area contributed by atoms with Crippen LogP contribution in [0.5, 0.6) is 0 Å². The molecule has 0 aromatic carbocycles. The van der Waals surface area contributed by atoms with E-state index < -0.39 is 23.9 Å². The Morgan fingerprint density at radius 1 is 1.54 bits per heavy atom. The largest absolute Gasteiger partial charge is 0.480 e. The van der Waals surface area contributed by atoms with Crippen LogP contribution < -0.4 is 5.73 Å². The van der Waals surface area contributed by atoms with Crippen molar-refractivity contribution >= 4 is 11.9 Å². The Morgan fingerprint density at radius 3 is 2.46 bits per heavy atom. The van der Waals surface area contributed by atoms with Gasteiger partial charge in [0.25, 0.3) is 0 Å². The predicted molar refractivity (Wildman–Crippen MR) is 46.0 cm³/mol. The summed E-state index contributed by atoms with van der Waals surface area (Å²) in [6.07, 6.45) is 0.0430. The maximum atomic E-state index is 10.9. The van der Waals surface area contributed by atoms with Gasteiger partial charge in [-0.3, -0.25) is 9.59 Å². The minimum absolute atomic E-state index is 0.0430. The molecular weight excluding hydrogens is 174 g/mol. The number of carbonyl (C=O) groups excluding carboxylic acids is 1. The van der Waals surface area contributed by atoms with Crippen molar-refractivity contribution in [2.45, 2.75) is 26.3 Å². The summed E-state index contributed by atoms with van der Waals surface area (Å²) in [6, 6.07) is -1.01. The molecule has 0 heterocycles. The van der Waals surface area contributed by atoms with Crippen LogP contribution >= 0.6 is 0 Å². The normalized spacial score (nSPS) is 14.7. The third kappa shape index (κ3) is 4.47. The first-order valence-electron chi connectivity index (χ1n) is 4.13. The van der Waals surface area contributed by atoms with E-state index in [9.17, 15) is 9.59 Å². The Morgan fingerprint density at radius 2 is 2.08 bits per heavy atom. The average molecular weight is 189 g/mol. The molecule has 0 rings (SSSR count). The zero-order valence-corrected chi connectivity index (χ0v) is 7.82. The molecule has 0 fully saturated rings. The number of nitrogens with two attached hydrogens (primary N) is 1. The number of aliphatic carboxylic acids is 1. The summed E-state index contributed by atoms with van der Waals surface area (Å²) in [4.78, 5) is 21.3. The molecule has 2 atom stereocenters. The van der Waals surface area contributed by atoms with E-state index in [2.05, 4.69) is 4.74 Å². The molecule has 13 heavy (non-hydrogen) atoms. The van der Waals surface area contributed by atoms with Crippen LogP contribution in [0.2, 0.25) is 0 Å². The number of carboxylic acid groups (broad SMARTS) is 1. The fourth-order valence-corrected chi connectivity index (χ4v) is 0.853. The first-order valence-corrected chi connectivity index (χ1v) is 4.13. The second-order valence-corrected chi connectivity index (χ2v) is 2.85. The van der Waals surface area contributed by atoms with Gasteiger partial charge in [0, 0.05) is 0 Å². The number of hydrogen-bond donors (Lipinski definition) is 2. The standard InChI is InChI=1S/C8H15NO4/c1-3-13-6(10)4-5(2)7(9)8(11)12/h5,7H,3-4,9H2,1-2H3,(H,11,12). The lowest BCUT2D eigenvalue weighted by molar-refractivity contribution is -0.145. The van der Waals surface area contributed by atoms with Crippen LogP contribution in [0.3, 0.4) is 0 Å². The number of esters is 1. The lowest BCUT2D eigenvalue weighted by Gasteiger charge is -2.14. The third-order valence-corrected chi connectivity index (χ3v) is 1.69. The Kier molecular flexibility index (Phi) is 5.06. The molecule has 0 aliphatic rings. The molecule has 0 aromatic heterocycles. The smallest absolute Gasteiger partial charge is 0.320 e. The van der Waals surface area contributed by atoms with Crippen LogP contribution in [0, 0.1) is 5.92 Å². The van der Waals surface area contributed by atoms with Crippen LogP contribution in [0.1, 0.15) is 20.3 Å². The van der Waals surface area contributed by atoms with Crippen molar-refractivity contribution in [2.24, 2.45) is 11.7 Å². The molecule has 0 bridgehead atoms. The highest BCUT2D eigenvalue weighted by molar-refractivity contribution is 5.75. The molecule has 0 saturated carbocycles. The van der Waals surface area contributed by atoms with E-state index in [4.69, 9.17) is 10.8 Å². The van der Waals surface area contributed by atoms with Crippen molar-refractivity contribution < 1.29 is 19.4 Å². The summed E-state index contributed by atoms with van der Waals surface area (Å²) in [5.41, 5.74) is 5.30. The quantitative estimate of drug-likeness (QED) is 0.593. The van der Waals surface area contributed by atoms with E-state index in [1.807, 2.05) is 0 Å². The monoisotopic (exact) mass is 189 g/mol. The second kappa shape index (κ2) is 5.53. The zero-order chi connectivity index (χ0) is 10.4. The van der Waals surface area contributed by atoms with E-state index in [1.54, 1.807) is 13.8 Å². The van der Waals surface area contributed by atoms with Crippen molar-refractivity contribution in [1.29, 1.82) is 0 Å². The van der Waals surface area contributed by atoms with Crippen molar-refractivity contribution in [2.75, 3.05) is 6.61 Å². The van der Waals surface area contributed by atoms with Gasteiger partial charge in [0.2, 0.25) is 0 Å². The number of ether oxygens (including phenoxy) is 1. The van der Waals surface area contributed by atoms with Crippen molar-refractivity contribution in [3.63, 3.8) is 0 Å². The summed E-state index contributed by atoms with van der Waals surface area (Å²) in [5.74, 6) is -1.92. The molecule has 0 aliphatic heterocycles. The van der Waals surface area contributed by atoms with E-state index in [0.29, 0.717) is 6.61 Å². The van der Waals surface area contributed by atoms with Gasteiger partial charge in [0.15, 0.2) is 0 Å². The van der Waals surface area contributed by atoms with Crippen molar-refractivity contribution in [3.8, 4) is 0 Å². The van der Waals surface area contributed by atoms with Gasteiger partial charge in [-0.15, -0.1) is 0 Å². The lowest BCUT2D eigenvalue weighted by Crippen LogP contribution is -2.37. The molecule has 0 aromatic rings. The maximum Gasteiger partial charge on any atom is 0.320 e. The fraction of sp³-hybridized carbons (Fsp3) is 0.750. The molecule has 0 aliphatic carbocycles.